The second-order valence-corrected chi connectivity index (χ2v) is 9.24. The number of nitrogens with zero attached hydrogens (tertiary/aromatic N) is 4. The maximum Gasteiger partial charge on any atom is 0.264 e. The van der Waals surface area contributed by atoms with E-state index in [1.54, 1.807) is 17.6 Å². The van der Waals surface area contributed by atoms with Crippen molar-refractivity contribution in [2.24, 2.45) is 26.6 Å². The highest BCUT2D eigenvalue weighted by Gasteiger charge is 2.46. The van der Waals surface area contributed by atoms with E-state index in [1.165, 1.54) is 0 Å². The number of amides is 1. The molecule has 5 aliphatic rings. The maximum atomic E-state index is 13.9. The standard InChI is InChI=1S/C23H30N8O/c1-13-6-4-7-15(10-13)31-21(30-23(3)9-5-8-16(24)17(23)22(31)32)14(2)29-20-18-19(26-11-25-18)27-12-28-20/h4-8,11-14,18-20,29H,9-10,24H2,1-3H3,(H,25,26)(H,27,28)/t13-,14?,18?,19?,20?,23+/m1/s1. The van der Waals surface area contributed by atoms with E-state index < -0.39 is 5.54 Å². The Morgan fingerprint density at radius 2 is 2.09 bits per heavy atom. The molecule has 0 saturated carbocycles. The number of hydrogen-bond donors (Lipinski definition) is 4. The Balaban J connectivity index is 1.51. The van der Waals surface area contributed by atoms with Crippen LogP contribution in [0.15, 0.2) is 62.3 Å². The molecule has 2 aliphatic carbocycles. The van der Waals surface area contributed by atoms with Crippen molar-refractivity contribution in [2.75, 3.05) is 0 Å². The number of rotatable bonds is 4. The second-order valence-electron chi connectivity index (χ2n) is 9.24. The SMILES string of the molecule is CC(NC1NC=NC2N=CNC21)C1=N[C@@]2(C)CC=CC(N)=C2C(=O)N1C1=CC=C[C@@H](C)C1. The molecule has 32 heavy (non-hydrogen) atoms. The van der Waals surface area contributed by atoms with Gasteiger partial charge in [0.2, 0.25) is 0 Å². The number of amidine groups is 1. The van der Waals surface area contributed by atoms with Crippen LogP contribution in [0.5, 0.6) is 0 Å². The Morgan fingerprint density at radius 1 is 1.31 bits per heavy atom. The Labute approximate surface area is 188 Å². The quantitative estimate of drug-likeness (QED) is 0.524. The highest BCUT2D eigenvalue weighted by Crippen LogP contribution is 2.39. The minimum Gasteiger partial charge on any atom is -0.398 e. The molecule has 0 saturated heterocycles. The summed E-state index contributed by atoms with van der Waals surface area (Å²) in [6.07, 6.45) is 14.5. The van der Waals surface area contributed by atoms with Crippen molar-refractivity contribution in [3.05, 3.63) is 47.3 Å². The monoisotopic (exact) mass is 434 g/mol. The Morgan fingerprint density at radius 3 is 2.88 bits per heavy atom. The van der Waals surface area contributed by atoms with E-state index in [2.05, 4.69) is 38.9 Å². The van der Waals surface area contributed by atoms with Crippen molar-refractivity contribution in [1.29, 1.82) is 0 Å². The van der Waals surface area contributed by atoms with Gasteiger partial charge in [0.25, 0.3) is 5.91 Å². The first-order valence-corrected chi connectivity index (χ1v) is 11.2. The number of carbonyl (C=O) groups is 1. The highest BCUT2D eigenvalue weighted by molar-refractivity contribution is 6.13. The molecule has 1 amide bonds. The predicted octanol–water partition coefficient (Wildman–Crippen LogP) is 0.900. The first-order valence-electron chi connectivity index (χ1n) is 11.2. The van der Waals surface area contributed by atoms with E-state index in [0.717, 1.165) is 12.1 Å². The molecule has 0 radical (unpaired) electrons. The number of fused-ring (bicyclic) bond motifs is 2. The van der Waals surface area contributed by atoms with Crippen molar-refractivity contribution < 1.29 is 4.79 Å². The van der Waals surface area contributed by atoms with E-state index in [-0.39, 0.29) is 30.3 Å². The van der Waals surface area contributed by atoms with E-state index in [9.17, 15) is 4.79 Å². The number of nitrogens with two attached hydrogens (primary N) is 1. The van der Waals surface area contributed by atoms with Crippen molar-refractivity contribution >= 4 is 24.4 Å². The average Bonchev–Trinajstić information content (AvgIpc) is 3.23. The van der Waals surface area contributed by atoms with Gasteiger partial charge in [-0.25, -0.2) is 9.98 Å². The minimum atomic E-state index is -0.674. The fourth-order valence-electron chi connectivity index (χ4n) is 5.02. The van der Waals surface area contributed by atoms with Crippen LogP contribution >= 0.6 is 0 Å². The largest absolute Gasteiger partial charge is 0.398 e. The van der Waals surface area contributed by atoms with Gasteiger partial charge in [-0.05, 0) is 44.8 Å². The zero-order chi connectivity index (χ0) is 22.5. The fraction of sp³-hybridized carbons (Fsp3) is 0.478. The lowest BCUT2D eigenvalue weighted by Crippen LogP contribution is -2.64. The van der Waals surface area contributed by atoms with Crippen LogP contribution in [0.1, 0.15) is 33.6 Å². The molecule has 5 N–H and O–H groups in total. The van der Waals surface area contributed by atoms with E-state index in [0.29, 0.717) is 29.4 Å². The van der Waals surface area contributed by atoms with Crippen LogP contribution in [0.2, 0.25) is 0 Å². The Hall–Kier alpha value is -3.20. The third-order valence-corrected chi connectivity index (χ3v) is 6.67. The lowest BCUT2D eigenvalue weighted by Gasteiger charge is -2.44. The lowest BCUT2D eigenvalue weighted by molar-refractivity contribution is -0.123. The zero-order valence-electron chi connectivity index (χ0n) is 18.6. The molecule has 3 aliphatic heterocycles. The number of nitrogens with one attached hydrogen (secondary N) is 3. The van der Waals surface area contributed by atoms with E-state index in [4.69, 9.17) is 10.7 Å². The maximum absolute atomic E-state index is 13.9. The number of carbonyl (C=O) groups excluding carboxylic acids is 1. The summed E-state index contributed by atoms with van der Waals surface area (Å²) in [7, 11) is 0. The molecular weight excluding hydrogens is 404 g/mol. The van der Waals surface area contributed by atoms with Gasteiger partial charge in [0.1, 0.15) is 18.0 Å². The molecule has 9 heteroatoms. The molecule has 0 bridgehead atoms. The van der Waals surface area contributed by atoms with Crippen LogP contribution in [0.3, 0.4) is 0 Å². The summed E-state index contributed by atoms with van der Waals surface area (Å²) in [5, 5.41) is 10.1. The van der Waals surface area contributed by atoms with Gasteiger partial charge in [0, 0.05) is 11.4 Å². The molecule has 9 nitrogen and oxygen atoms in total. The number of aliphatic imine (C=N–C) groups is 3. The van der Waals surface area contributed by atoms with Gasteiger partial charge in [-0.15, -0.1) is 0 Å². The summed E-state index contributed by atoms with van der Waals surface area (Å²) in [5.74, 6) is 0.966. The van der Waals surface area contributed by atoms with E-state index >= 15 is 0 Å². The van der Waals surface area contributed by atoms with Gasteiger partial charge >= 0.3 is 0 Å². The molecule has 0 aromatic carbocycles. The van der Waals surface area contributed by atoms with Crippen LogP contribution in [-0.4, -0.2) is 59.3 Å². The van der Waals surface area contributed by atoms with Gasteiger partial charge < -0.3 is 16.4 Å². The van der Waals surface area contributed by atoms with Crippen LogP contribution < -0.4 is 21.7 Å². The summed E-state index contributed by atoms with van der Waals surface area (Å²) < 4.78 is 0. The summed E-state index contributed by atoms with van der Waals surface area (Å²) >= 11 is 0. The van der Waals surface area contributed by atoms with Gasteiger partial charge in [0.05, 0.1) is 29.8 Å². The molecule has 4 unspecified atom stereocenters. The summed E-state index contributed by atoms with van der Waals surface area (Å²) in [4.78, 5) is 29.5. The van der Waals surface area contributed by atoms with Crippen molar-refractivity contribution in [3.8, 4) is 0 Å². The third-order valence-electron chi connectivity index (χ3n) is 6.67. The Kier molecular flexibility index (Phi) is 5.00. The Bertz CT molecular complexity index is 1030. The molecular formula is C23H30N8O. The topological polar surface area (TPSA) is 119 Å². The molecule has 0 fully saturated rings. The molecule has 6 atom stereocenters. The fourth-order valence-corrected chi connectivity index (χ4v) is 5.02. The summed E-state index contributed by atoms with van der Waals surface area (Å²) in [6, 6.07) is -0.217. The summed E-state index contributed by atoms with van der Waals surface area (Å²) in [6.45, 7) is 6.18. The van der Waals surface area contributed by atoms with Gasteiger partial charge in [-0.1, -0.05) is 25.2 Å². The van der Waals surface area contributed by atoms with Crippen LogP contribution in [-0.2, 0) is 4.79 Å². The highest BCUT2D eigenvalue weighted by atomic mass is 16.2. The average molecular weight is 435 g/mol. The normalized spacial score (nSPS) is 36.2. The second kappa shape index (κ2) is 7.74. The molecule has 3 heterocycles. The van der Waals surface area contributed by atoms with Crippen LogP contribution in [0.4, 0.5) is 0 Å². The van der Waals surface area contributed by atoms with Gasteiger partial charge in [-0.3, -0.25) is 20.0 Å². The van der Waals surface area contributed by atoms with E-state index in [1.807, 2.05) is 38.2 Å². The minimum absolute atomic E-state index is 0.00746. The predicted molar refractivity (Wildman–Crippen MR) is 126 cm³/mol. The lowest BCUT2D eigenvalue weighted by atomic mass is 9.81. The number of hydrogen-bond acceptors (Lipinski definition) is 8. The van der Waals surface area contributed by atoms with Crippen LogP contribution in [0.25, 0.3) is 0 Å². The molecule has 168 valence electrons. The molecule has 0 aromatic rings. The first-order chi connectivity index (χ1) is 15.4. The molecule has 0 aromatic heterocycles. The van der Waals surface area contributed by atoms with Crippen molar-refractivity contribution in [1.82, 2.24) is 20.9 Å². The van der Waals surface area contributed by atoms with Gasteiger partial charge in [-0.2, -0.15) is 0 Å². The molecule has 0 spiro atoms. The smallest absolute Gasteiger partial charge is 0.264 e. The zero-order valence-corrected chi connectivity index (χ0v) is 18.6. The van der Waals surface area contributed by atoms with Crippen LogP contribution in [0, 0.1) is 5.92 Å². The summed E-state index contributed by atoms with van der Waals surface area (Å²) in [5.41, 5.74) is 7.63. The van der Waals surface area contributed by atoms with Gasteiger partial charge in [0.15, 0.2) is 6.17 Å². The van der Waals surface area contributed by atoms with Crippen molar-refractivity contribution in [2.45, 2.75) is 63.6 Å². The van der Waals surface area contributed by atoms with Crippen molar-refractivity contribution in [3.63, 3.8) is 0 Å². The number of allylic oxidation sites excluding steroid dienone is 5. The first kappa shape index (κ1) is 20.7. The molecule has 5 rings (SSSR count). The third kappa shape index (κ3) is 3.37.